The predicted molar refractivity (Wildman–Crippen MR) is 154 cm³/mol. The number of hydrogen-bond acceptors (Lipinski definition) is 7. The average Bonchev–Trinajstić information content (AvgIpc) is 3.51. The van der Waals surface area contributed by atoms with Gasteiger partial charge < -0.3 is 24.6 Å². The molecular formula is C30H28ClFN6O2. The second-order valence-electron chi connectivity index (χ2n) is 10.6. The van der Waals surface area contributed by atoms with E-state index in [9.17, 15) is 5.11 Å². The van der Waals surface area contributed by atoms with Crippen molar-refractivity contribution in [2.75, 3.05) is 24.6 Å². The number of ether oxygens (including phenoxy) is 1. The van der Waals surface area contributed by atoms with Crippen LogP contribution < -0.4 is 15.0 Å². The highest BCUT2D eigenvalue weighted by Gasteiger charge is 2.34. The zero-order valence-corrected chi connectivity index (χ0v) is 22.7. The summed E-state index contributed by atoms with van der Waals surface area (Å²) in [5.74, 6) is 0.940. The number of halogens is 2. The highest BCUT2D eigenvalue weighted by Crippen LogP contribution is 2.42. The number of nitrogens with zero attached hydrogens (tertiary/aromatic N) is 5. The number of fused-ring (bicyclic) bond motifs is 4. The molecule has 2 saturated heterocycles. The molecule has 8 nitrogen and oxygen atoms in total. The van der Waals surface area contributed by atoms with Gasteiger partial charge in [-0.3, -0.25) is 0 Å². The summed E-state index contributed by atoms with van der Waals surface area (Å²) in [6.45, 7) is 1.81. The molecule has 2 N–H and O–H groups in total. The first kappa shape index (κ1) is 25.0. The fourth-order valence-electron chi connectivity index (χ4n) is 6.05. The number of piperazine rings is 1. The number of aromatic hydroxyl groups is 1. The van der Waals surface area contributed by atoms with E-state index in [0.29, 0.717) is 41.9 Å². The summed E-state index contributed by atoms with van der Waals surface area (Å²) in [6, 6.07) is 13.3. The molecule has 0 spiro atoms. The number of imidazole rings is 1. The van der Waals surface area contributed by atoms with Crippen LogP contribution >= 0.6 is 11.6 Å². The lowest BCUT2D eigenvalue weighted by atomic mass is 9.96. The van der Waals surface area contributed by atoms with Crippen molar-refractivity contribution in [3.63, 3.8) is 0 Å². The van der Waals surface area contributed by atoms with E-state index in [4.69, 9.17) is 21.3 Å². The van der Waals surface area contributed by atoms with E-state index in [-0.39, 0.29) is 27.9 Å². The lowest BCUT2D eigenvalue weighted by molar-refractivity contribution is 0.293. The van der Waals surface area contributed by atoms with Crippen LogP contribution in [0, 0.1) is 5.82 Å². The molecule has 2 aliphatic rings. The maximum Gasteiger partial charge on any atom is 0.319 e. The Morgan fingerprint density at radius 3 is 2.67 bits per heavy atom. The maximum atomic E-state index is 16.6. The molecule has 40 heavy (non-hydrogen) atoms. The molecule has 0 amide bonds. The number of aryl methyl sites for hydroxylation is 1. The Labute approximate surface area is 235 Å². The number of phenols is 1. The minimum Gasteiger partial charge on any atom is -0.508 e. The van der Waals surface area contributed by atoms with E-state index >= 15 is 4.39 Å². The summed E-state index contributed by atoms with van der Waals surface area (Å²) < 4.78 is 24.5. The molecule has 3 aromatic carbocycles. The van der Waals surface area contributed by atoms with Crippen LogP contribution in [0.3, 0.4) is 0 Å². The average molecular weight is 559 g/mol. The molecule has 0 saturated carbocycles. The van der Waals surface area contributed by atoms with Crippen molar-refractivity contribution in [3.05, 3.63) is 71.5 Å². The molecule has 2 aliphatic heterocycles. The van der Waals surface area contributed by atoms with E-state index in [2.05, 4.69) is 20.2 Å². The number of aromatic nitrogens is 4. The lowest BCUT2D eigenvalue weighted by Crippen LogP contribution is -2.51. The smallest absolute Gasteiger partial charge is 0.319 e. The topological polar surface area (TPSA) is 88.3 Å². The summed E-state index contributed by atoms with van der Waals surface area (Å²) in [7, 11) is 1.93. The third kappa shape index (κ3) is 4.39. The van der Waals surface area contributed by atoms with Gasteiger partial charge in [-0.15, -0.1) is 0 Å². The molecule has 7 rings (SSSR count). The molecule has 2 bridgehead atoms. The van der Waals surface area contributed by atoms with Crippen LogP contribution in [0.4, 0.5) is 10.2 Å². The zero-order chi connectivity index (χ0) is 27.4. The third-order valence-corrected chi connectivity index (χ3v) is 8.25. The molecule has 10 heteroatoms. The summed E-state index contributed by atoms with van der Waals surface area (Å²) in [6.07, 6.45) is 6.37. The van der Waals surface area contributed by atoms with Gasteiger partial charge in [0.2, 0.25) is 0 Å². The van der Waals surface area contributed by atoms with Gasteiger partial charge in [-0.05, 0) is 47.4 Å². The number of rotatable bonds is 6. The molecule has 4 heterocycles. The molecule has 2 aromatic heterocycles. The third-order valence-electron chi connectivity index (χ3n) is 7.95. The normalized spacial score (nSPS) is 18.6. The number of hydrogen-bond donors (Lipinski definition) is 2. The Hall–Kier alpha value is -3.95. The molecule has 2 unspecified atom stereocenters. The van der Waals surface area contributed by atoms with Gasteiger partial charge in [-0.2, -0.15) is 9.97 Å². The van der Waals surface area contributed by atoms with E-state index in [1.807, 2.05) is 42.1 Å². The Kier molecular flexibility index (Phi) is 6.20. The number of phenolic OH excluding ortho intramolecular Hbond substituents is 1. The van der Waals surface area contributed by atoms with Gasteiger partial charge in [0.25, 0.3) is 0 Å². The van der Waals surface area contributed by atoms with Crippen LogP contribution in [0.5, 0.6) is 11.8 Å². The van der Waals surface area contributed by atoms with Crippen molar-refractivity contribution in [2.24, 2.45) is 7.05 Å². The molecule has 5 aromatic rings. The first-order valence-electron chi connectivity index (χ1n) is 13.5. The highest BCUT2D eigenvalue weighted by atomic mass is 35.5. The largest absolute Gasteiger partial charge is 0.508 e. The van der Waals surface area contributed by atoms with E-state index in [0.717, 1.165) is 42.5 Å². The Bertz CT molecular complexity index is 1750. The van der Waals surface area contributed by atoms with Gasteiger partial charge in [0, 0.05) is 62.0 Å². The van der Waals surface area contributed by atoms with Gasteiger partial charge in [-0.1, -0.05) is 35.9 Å². The van der Waals surface area contributed by atoms with E-state index in [1.165, 1.54) is 0 Å². The first-order valence-corrected chi connectivity index (χ1v) is 13.8. The fraction of sp³-hybridized carbons (Fsp3) is 0.300. The maximum absolute atomic E-state index is 16.6. The minimum absolute atomic E-state index is 0.0299. The molecule has 2 atom stereocenters. The van der Waals surface area contributed by atoms with Crippen LogP contribution in [0.15, 0.2) is 54.9 Å². The van der Waals surface area contributed by atoms with E-state index < -0.39 is 5.82 Å². The van der Waals surface area contributed by atoms with Crippen molar-refractivity contribution < 1.29 is 14.2 Å². The van der Waals surface area contributed by atoms with Crippen LogP contribution in [0.1, 0.15) is 18.7 Å². The lowest BCUT2D eigenvalue weighted by Gasteiger charge is -2.34. The van der Waals surface area contributed by atoms with Crippen LogP contribution in [-0.4, -0.2) is 56.4 Å². The van der Waals surface area contributed by atoms with Crippen LogP contribution in [0.25, 0.3) is 32.8 Å². The Balaban J connectivity index is 1.37. The quantitative estimate of drug-likeness (QED) is 0.294. The van der Waals surface area contributed by atoms with Crippen molar-refractivity contribution >= 4 is 39.1 Å². The SMILES string of the molecule is Cn1ccnc1CCOc1nc(N2CC3CCC(C2)N3)c2cc(Cl)c(-c3cc(O)cc4ccccc34)c(F)c2n1. The van der Waals surface area contributed by atoms with Gasteiger partial charge in [0.05, 0.1) is 11.6 Å². The monoisotopic (exact) mass is 558 g/mol. The van der Waals surface area contributed by atoms with E-state index in [1.54, 1.807) is 24.4 Å². The molecule has 0 aliphatic carbocycles. The van der Waals surface area contributed by atoms with Crippen molar-refractivity contribution in [1.82, 2.24) is 24.8 Å². The van der Waals surface area contributed by atoms with Gasteiger partial charge >= 0.3 is 6.01 Å². The summed E-state index contributed by atoms with van der Waals surface area (Å²) in [5, 5.41) is 16.4. The van der Waals surface area contributed by atoms with Crippen LogP contribution in [0.2, 0.25) is 5.02 Å². The summed E-state index contributed by atoms with van der Waals surface area (Å²) in [5.41, 5.74) is 0.817. The Morgan fingerprint density at radius 1 is 1.10 bits per heavy atom. The van der Waals surface area contributed by atoms with Crippen LogP contribution in [-0.2, 0) is 13.5 Å². The highest BCUT2D eigenvalue weighted by molar-refractivity contribution is 6.35. The van der Waals surface area contributed by atoms with Crippen molar-refractivity contribution in [2.45, 2.75) is 31.3 Å². The first-order chi connectivity index (χ1) is 19.4. The van der Waals surface area contributed by atoms with Crippen molar-refractivity contribution in [1.29, 1.82) is 0 Å². The second-order valence-corrected chi connectivity index (χ2v) is 11.0. The Morgan fingerprint density at radius 2 is 1.90 bits per heavy atom. The van der Waals surface area contributed by atoms with Gasteiger partial charge in [0.1, 0.15) is 22.9 Å². The predicted octanol–water partition coefficient (Wildman–Crippen LogP) is 5.24. The minimum atomic E-state index is -0.575. The molecular weight excluding hydrogens is 531 g/mol. The molecule has 2 fully saturated rings. The molecule has 0 radical (unpaired) electrons. The van der Waals surface area contributed by atoms with Gasteiger partial charge in [-0.25, -0.2) is 9.37 Å². The number of nitrogens with one attached hydrogen (secondary N) is 1. The summed E-state index contributed by atoms with van der Waals surface area (Å²) >= 11 is 6.82. The number of anilines is 1. The summed E-state index contributed by atoms with van der Waals surface area (Å²) in [4.78, 5) is 15.9. The second kappa shape index (κ2) is 9.91. The fourth-order valence-corrected chi connectivity index (χ4v) is 6.35. The molecule has 204 valence electrons. The van der Waals surface area contributed by atoms with Gasteiger partial charge in [0.15, 0.2) is 5.82 Å². The zero-order valence-electron chi connectivity index (χ0n) is 21.9. The standard InChI is InChI=1S/C30H28ClFN6O2/c1-37-10-9-33-25(37)8-11-40-30-35-28-23(29(36-30)38-15-18-6-7-19(16-38)34-18)14-24(31)26(27(28)32)22-13-20(39)12-17-4-2-3-5-21(17)22/h2-5,9-10,12-14,18-19,34,39H,6-8,11,15-16H2,1H3. The number of benzene rings is 3. The van der Waals surface area contributed by atoms with Crippen molar-refractivity contribution in [3.8, 4) is 22.9 Å².